The quantitative estimate of drug-likeness (QED) is 0.814. The maximum absolute atomic E-state index is 9.07. The fourth-order valence-electron chi connectivity index (χ4n) is 2.06. The van der Waals surface area contributed by atoms with Crippen molar-refractivity contribution in [3.63, 3.8) is 0 Å². The maximum atomic E-state index is 9.07. The predicted molar refractivity (Wildman–Crippen MR) is 93.5 cm³/mol. The summed E-state index contributed by atoms with van der Waals surface area (Å²) < 4.78 is 0. The average molecular weight is 326 g/mol. The van der Waals surface area contributed by atoms with Crippen molar-refractivity contribution < 1.29 is 5.11 Å². The van der Waals surface area contributed by atoms with Crippen LogP contribution in [0.1, 0.15) is 30.1 Å². The number of rotatable bonds is 7. The lowest BCUT2D eigenvalue weighted by molar-refractivity contribution is 0.250. The highest BCUT2D eigenvalue weighted by molar-refractivity contribution is 7.98. The van der Waals surface area contributed by atoms with Crippen molar-refractivity contribution in [1.29, 1.82) is 0 Å². The summed E-state index contributed by atoms with van der Waals surface area (Å²) in [7, 11) is 0. The Morgan fingerprint density at radius 2 is 2.10 bits per heavy atom. The van der Waals surface area contributed by atoms with E-state index in [1.165, 1.54) is 10.4 Å². The number of hydrogen-bond donors (Lipinski definition) is 2. The van der Waals surface area contributed by atoms with Gasteiger partial charge in [-0.1, -0.05) is 6.92 Å². The minimum Gasteiger partial charge on any atom is -0.396 e. The highest BCUT2D eigenvalue weighted by Gasteiger charge is 2.14. The van der Waals surface area contributed by atoms with Crippen molar-refractivity contribution in [2.24, 2.45) is 5.92 Å². The molecule has 1 atom stereocenters. The molecule has 2 N–H and O–H groups in total. The van der Waals surface area contributed by atoms with Crippen LogP contribution in [0.5, 0.6) is 0 Å². The van der Waals surface area contributed by atoms with Gasteiger partial charge in [-0.2, -0.15) is 11.8 Å². The first kappa shape index (κ1) is 16.5. The number of nitrogens with zero attached hydrogens (tertiary/aromatic N) is 2. The lowest BCUT2D eigenvalue weighted by Gasteiger charge is -2.09. The SMILES string of the molecule is CCNc1nc(CSCC(C)CO)nc2sc(C)c(C)c12. The summed E-state index contributed by atoms with van der Waals surface area (Å²) >= 11 is 3.51. The van der Waals surface area contributed by atoms with Crippen LogP contribution in [0.25, 0.3) is 10.2 Å². The molecular formula is C15H23N3OS2. The Labute approximate surface area is 134 Å². The minimum absolute atomic E-state index is 0.235. The first-order valence-corrected chi connectivity index (χ1v) is 9.23. The number of aromatic nitrogens is 2. The number of anilines is 1. The Balaban J connectivity index is 2.25. The molecule has 2 aromatic rings. The van der Waals surface area contributed by atoms with E-state index >= 15 is 0 Å². The number of aliphatic hydroxyl groups is 1. The molecule has 21 heavy (non-hydrogen) atoms. The minimum atomic E-state index is 0.235. The van der Waals surface area contributed by atoms with Crippen molar-refractivity contribution in [2.75, 3.05) is 24.2 Å². The molecule has 0 amide bonds. The van der Waals surface area contributed by atoms with Gasteiger partial charge in [0, 0.05) is 18.0 Å². The zero-order valence-electron chi connectivity index (χ0n) is 13.1. The van der Waals surface area contributed by atoms with Crippen LogP contribution >= 0.6 is 23.1 Å². The molecule has 0 radical (unpaired) electrons. The first-order chi connectivity index (χ1) is 10.1. The maximum Gasteiger partial charge on any atom is 0.142 e. The van der Waals surface area contributed by atoms with Gasteiger partial charge in [0.1, 0.15) is 16.5 Å². The average Bonchev–Trinajstić information content (AvgIpc) is 2.74. The Morgan fingerprint density at radius 1 is 1.33 bits per heavy atom. The van der Waals surface area contributed by atoms with E-state index in [0.717, 1.165) is 39.9 Å². The molecule has 0 saturated carbocycles. The highest BCUT2D eigenvalue weighted by Crippen LogP contribution is 2.33. The third kappa shape index (κ3) is 3.87. The number of thiophene rings is 1. The van der Waals surface area contributed by atoms with E-state index in [-0.39, 0.29) is 6.61 Å². The number of aliphatic hydroxyl groups excluding tert-OH is 1. The summed E-state index contributed by atoms with van der Waals surface area (Å²) in [6, 6.07) is 0. The molecule has 0 aliphatic rings. The highest BCUT2D eigenvalue weighted by atomic mass is 32.2. The summed E-state index contributed by atoms with van der Waals surface area (Å²) in [5, 5.41) is 13.6. The molecule has 0 fully saturated rings. The lowest BCUT2D eigenvalue weighted by Crippen LogP contribution is -2.06. The van der Waals surface area contributed by atoms with E-state index < -0.39 is 0 Å². The Morgan fingerprint density at radius 3 is 2.76 bits per heavy atom. The molecule has 0 aromatic carbocycles. The van der Waals surface area contributed by atoms with E-state index in [1.807, 2.05) is 6.92 Å². The van der Waals surface area contributed by atoms with Crippen molar-refractivity contribution in [3.05, 3.63) is 16.3 Å². The molecule has 6 heteroatoms. The topological polar surface area (TPSA) is 58.0 Å². The molecule has 2 heterocycles. The zero-order chi connectivity index (χ0) is 15.4. The van der Waals surface area contributed by atoms with Gasteiger partial charge in [-0.3, -0.25) is 0 Å². The van der Waals surface area contributed by atoms with Crippen LogP contribution in [-0.2, 0) is 5.75 Å². The molecule has 0 bridgehead atoms. The van der Waals surface area contributed by atoms with Crippen molar-refractivity contribution >= 4 is 39.1 Å². The van der Waals surface area contributed by atoms with Crippen molar-refractivity contribution in [3.8, 4) is 0 Å². The van der Waals surface area contributed by atoms with Crippen LogP contribution in [-0.4, -0.2) is 34.0 Å². The Kier molecular flexibility index (Phi) is 5.84. The molecule has 1 unspecified atom stereocenters. The zero-order valence-corrected chi connectivity index (χ0v) is 14.7. The van der Waals surface area contributed by atoms with E-state index in [1.54, 1.807) is 23.1 Å². The van der Waals surface area contributed by atoms with E-state index in [2.05, 4.69) is 31.1 Å². The smallest absolute Gasteiger partial charge is 0.142 e. The molecule has 2 rings (SSSR count). The monoisotopic (exact) mass is 325 g/mol. The normalized spacial score (nSPS) is 12.8. The van der Waals surface area contributed by atoms with Crippen LogP contribution in [0.2, 0.25) is 0 Å². The van der Waals surface area contributed by atoms with Gasteiger partial charge in [0.25, 0.3) is 0 Å². The summed E-state index contributed by atoms with van der Waals surface area (Å²) in [5.74, 6) is 3.86. The van der Waals surface area contributed by atoms with Crippen LogP contribution in [0.3, 0.4) is 0 Å². The summed E-state index contributed by atoms with van der Waals surface area (Å²) in [6.07, 6.45) is 0. The lowest BCUT2D eigenvalue weighted by atomic mass is 10.2. The fraction of sp³-hybridized carbons (Fsp3) is 0.600. The Bertz CT molecular complexity index is 612. The molecular weight excluding hydrogens is 302 g/mol. The second kappa shape index (κ2) is 7.42. The number of fused-ring (bicyclic) bond motifs is 1. The van der Waals surface area contributed by atoms with Gasteiger partial charge in [-0.25, -0.2) is 9.97 Å². The molecule has 0 spiro atoms. The second-order valence-electron chi connectivity index (χ2n) is 5.29. The van der Waals surface area contributed by atoms with E-state index in [4.69, 9.17) is 10.1 Å². The first-order valence-electron chi connectivity index (χ1n) is 7.25. The molecule has 4 nitrogen and oxygen atoms in total. The predicted octanol–water partition coefficient (Wildman–Crippen LogP) is 3.60. The van der Waals surface area contributed by atoms with Gasteiger partial charge >= 0.3 is 0 Å². The van der Waals surface area contributed by atoms with Crippen LogP contribution in [0, 0.1) is 19.8 Å². The van der Waals surface area contributed by atoms with Crippen molar-refractivity contribution in [1.82, 2.24) is 9.97 Å². The van der Waals surface area contributed by atoms with Gasteiger partial charge in [-0.15, -0.1) is 11.3 Å². The summed E-state index contributed by atoms with van der Waals surface area (Å²) in [4.78, 5) is 11.8. The number of thioether (sulfide) groups is 1. The summed E-state index contributed by atoms with van der Waals surface area (Å²) in [5.41, 5.74) is 1.28. The number of aryl methyl sites for hydroxylation is 2. The third-order valence-electron chi connectivity index (χ3n) is 3.36. The van der Waals surface area contributed by atoms with Gasteiger partial charge in [0.05, 0.1) is 11.1 Å². The van der Waals surface area contributed by atoms with Crippen molar-refractivity contribution in [2.45, 2.75) is 33.4 Å². The third-order valence-corrected chi connectivity index (χ3v) is 5.73. The molecule has 2 aromatic heterocycles. The van der Waals surface area contributed by atoms with Crippen LogP contribution in [0.15, 0.2) is 0 Å². The van der Waals surface area contributed by atoms with Gasteiger partial charge in [0.15, 0.2) is 0 Å². The van der Waals surface area contributed by atoms with E-state index in [0.29, 0.717) is 5.92 Å². The Hall–Kier alpha value is -0.850. The molecule has 0 aliphatic carbocycles. The van der Waals surface area contributed by atoms with Gasteiger partial charge in [0.2, 0.25) is 0 Å². The number of hydrogen-bond acceptors (Lipinski definition) is 6. The number of nitrogens with one attached hydrogen (secondary N) is 1. The van der Waals surface area contributed by atoms with E-state index in [9.17, 15) is 0 Å². The van der Waals surface area contributed by atoms with Crippen LogP contribution < -0.4 is 5.32 Å². The molecule has 116 valence electrons. The second-order valence-corrected chi connectivity index (χ2v) is 7.52. The molecule has 0 saturated heterocycles. The van der Waals surface area contributed by atoms with Gasteiger partial charge < -0.3 is 10.4 Å². The standard InChI is InChI=1S/C15H23N3OS2/c1-5-16-14-13-10(3)11(4)21-15(13)18-12(17-14)8-20-7-9(2)6-19/h9,19H,5-8H2,1-4H3,(H,16,17,18). The fourth-order valence-corrected chi connectivity index (χ4v) is 4.04. The van der Waals surface area contributed by atoms with Crippen LogP contribution in [0.4, 0.5) is 5.82 Å². The van der Waals surface area contributed by atoms with Gasteiger partial charge in [-0.05, 0) is 38.0 Å². The largest absolute Gasteiger partial charge is 0.396 e. The summed E-state index contributed by atoms with van der Waals surface area (Å²) in [6.45, 7) is 9.49. The molecule has 0 aliphatic heterocycles.